The molecule has 1 fully saturated rings. The van der Waals surface area contributed by atoms with Gasteiger partial charge in [-0.1, -0.05) is 6.07 Å². The number of nitrogen functional groups attached to an aromatic ring is 1. The first-order chi connectivity index (χ1) is 9.56. The monoisotopic (exact) mass is 273 g/mol. The smallest absolute Gasteiger partial charge is 0.0363 e. The van der Waals surface area contributed by atoms with E-state index in [1.807, 2.05) is 0 Å². The second-order valence-electron chi connectivity index (χ2n) is 6.84. The molecule has 3 nitrogen and oxygen atoms in total. The van der Waals surface area contributed by atoms with Crippen LogP contribution < -0.4 is 5.73 Å². The highest BCUT2D eigenvalue weighted by Gasteiger charge is 2.28. The molecule has 1 heterocycles. The highest BCUT2D eigenvalue weighted by molar-refractivity contribution is 5.56. The zero-order chi connectivity index (χ0) is 14.3. The predicted octanol–water partition coefficient (Wildman–Crippen LogP) is 2.80. The Bertz CT molecular complexity index is 487. The van der Waals surface area contributed by atoms with Gasteiger partial charge >= 0.3 is 0 Å². The topological polar surface area (TPSA) is 32.5 Å². The maximum absolute atomic E-state index is 6.16. The van der Waals surface area contributed by atoms with Crippen LogP contribution >= 0.6 is 0 Å². The molecule has 110 valence electrons. The van der Waals surface area contributed by atoms with E-state index in [-0.39, 0.29) is 0 Å². The van der Waals surface area contributed by atoms with E-state index in [1.165, 1.54) is 36.8 Å². The third-order valence-electron chi connectivity index (χ3n) is 5.23. The van der Waals surface area contributed by atoms with Crippen molar-refractivity contribution in [3.63, 3.8) is 0 Å². The lowest BCUT2D eigenvalue weighted by molar-refractivity contribution is 0.216. The molecule has 2 N–H and O–H groups in total. The second kappa shape index (κ2) is 5.38. The molecule has 0 unspecified atom stereocenters. The standard InChI is InChI=1S/C17H27N3/c1-19(2)13-6-4-12(5-7-13)14-8-9-17(18)16-11-20(3)10-15(14)16/h8-9,12-13H,4-7,10-11,18H2,1-3H3. The summed E-state index contributed by atoms with van der Waals surface area (Å²) < 4.78 is 0. The van der Waals surface area contributed by atoms with Crippen LogP contribution in [0.5, 0.6) is 0 Å². The van der Waals surface area contributed by atoms with Crippen LogP contribution in [0, 0.1) is 0 Å². The molecule has 3 rings (SSSR count). The van der Waals surface area contributed by atoms with E-state index in [0.29, 0.717) is 0 Å². The number of hydrogen-bond acceptors (Lipinski definition) is 3. The van der Waals surface area contributed by atoms with Gasteiger partial charge in [-0.25, -0.2) is 0 Å². The molecule has 0 spiro atoms. The molecule has 0 aromatic heterocycles. The van der Waals surface area contributed by atoms with Gasteiger partial charge in [-0.3, -0.25) is 4.90 Å². The van der Waals surface area contributed by atoms with Crippen LogP contribution in [-0.4, -0.2) is 37.0 Å². The van der Waals surface area contributed by atoms with E-state index in [9.17, 15) is 0 Å². The van der Waals surface area contributed by atoms with Crippen molar-refractivity contribution in [2.24, 2.45) is 0 Å². The fourth-order valence-electron chi connectivity index (χ4n) is 3.98. The van der Waals surface area contributed by atoms with Crippen LogP contribution in [-0.2, 0) is 13.1 Å². The molecule has 1 aliphatic carbocycles. The molecular weight excluding hydrogens is 246 g/mol. The van der Waals surface area contributed by atoms with E-state index >= 15 is 0 Å². The summed E-state index contributed by atoms with van der Waals surface area (Å²) >= 11 is 0. The quantitative estimate of drug-likeness (QED) is 0.841. The van der Waals surface area contributed by atoms with E-state index < -0.39 is 0 Å². The molecule has 2 aliphatic rings. The van der Waals surface area contributed by atoms with Crippen LogP contribution in [0.15, 0.2) is 12.1 Å². The van der Waals surface area contributed by atoms with Gasteiger partial charge < -0.3 is 10.6 Å². The summed E-state index contributed by atoms with van der Waals surface area (Å²) in [5.74, 6) is 0.743. The van der Waals surface area contributed by atoms with Crippen LogP contribution in [0.2, 0.25) is 0 Å². The average molecular weight is 273 g/mol. The van der Waals surface area contributed by atoms with Crippen LogP contribution in [0.1, 0.15) is 48.3 Å². The van der Waals surface area contributed by atoms with Gasteiger partial charge in [0.1, 0.15) is 0 Å². The predicted molar refractivity (Wildman–Crippen MR) is 84.7 cm³/mol. The molecule has 3 heteroatoms. The van der Waals surface area contributed by atoms with Crippen LogP contribution in [0.25, 0.3) is 0 Å². The number of fused-ring (bicyclic) bond motifs is 1. The Balaban J connectivity index is 1.81. The average Bonchev–Trinajstić information content (AvgIpc) is 2.82. The summed E-state index contributed by atoms with van der Waals surface area (Å²) in [7, 11) is 6.61. The van der Waals surface area contributed by atoms with Gasteiger partial charge in [-0.2, -0.15) is 0 Å². The summed E-state index contributed by atoms with van der Waals surface area (Å²) in [4.78, 5) is 4.76. The van der Waals surface area contributed by atoms with Crippen molar-refractivity contribution in [2.45, 2.75) is 50.7 Å². The molecule has 1 saturated carbocycles. The number of benzene rings is 1. The Morgan fingerprint density at radius 1 is 1.05 bits per heavy atom. The normalized spacial score (nSPS) is 27.0. The Hall–Kier alpha value is -1.06. The fraction of sp³-hybridized carbons (Fsp3) is 0.647. The summed E-state index contributed by atoms with van der Waals surface area (Å²) in [6.07, 6.45) is 5.30. The van der Waals surface area contributed by atoms with Crippen molar-refractivity contribution < 1.29 is 0 Å². The van der Waals surface area contributed by atoms with Gasteiger partial charge in [0.15, 0.2) is 0 Å². The minimum absolute atomic E-state index is 0.743. The SMILES string of the molecule is CN1Cc2c(N)ccc(C3CCC(N(C)C)CC3)c2C1. The molecule has 0 amide bonds. The Kier molecular flexibility index (Phi) is 3.74. The van der Waals surface area contributed by atoms with Gasteiger partial charge in [-0.05, 0) is 75.5 Å². The number of anilines is 1. The third kappa shape index (κ3) is 2.45. The molecule has 0 saturated heterocycles. The van der Waals surface area contributed by atoms with Crippen molar-refractivity contribution in [2.75, 3.05) is 26.9 Å². The molecule has 1 aromatic rings. The molecule has 20 heavy (non-hydrogen) atoms. The minimum atomic E-state index is 0.743. The second-order valence-corrected chi connectivity index (χ2v) is 6.84. The number of rotatable bonds is 2. The van der Waals surface area contributed by atoms with Gasteiger partial charge in [0.05, 0.1) is 0 Å². The lowest BCUT2D eigenvalue weighted by Gasteiger charge is -2.33. The fourth-order valence-corrected chi connectivity index (χ4v) is 3.98. The van der Waals surface area contributed by atoms with E-state index in [1.54, 1.807) is 5.56 Å². The number of nitrogens with two attached hydrogens (primary N) is 1. The molecule has 0 radical (unpaired) electrons. The summed E-state index contributed by atoms with van der Waals surface area (Å²) in [5, 5.41) is 0. The van der Waals surface area contributed by atoms with Crippen molar-refractivity contribution in [3.8, 4) is 0 Å². The van der Waals surface area contributed by atoms with Gasteiger partial charge in [0.2, 0.25) is 0 Å². The van der Waals surface area contributed by atoms with Gasteiger partial charge in [0, 0.05) is 24.8 Å². The van der Waals surface area contributed by atoms with Crippen LogP contribution in [0.3, 0.4) is 0 Å². The van der Waals surface area contributed by atoms with E-state index in [0.717, 1.165) is 30.7 Å². The van der Waals surface area contributed by atoms with E-state index in [4.69, 9.17) is 5.73 Å². The van der Waals surface area contributed by atoms with Gasteiger partial charge in [-0.15, -0.1) is 0 Å². The first-order valence-corrected chi connectivity index (χ1v) is 7.81. The van der Waals surface area contributed by atoms with Crippen LogP contribution in [0.4, 0.5) is 5.69 Å². The Morgan fingerprint density at radius 2 is 1.70 bits per heavy atom. The van der Waals surface area contributed by atoms with Gasteiger partial charge in [0.25, 0.3) is 0 Å². The Morgan fingerprint density at radius 3 is 2.35 bits per heavy atom. The largest absolute Gasteiger partial charge is 0.398 e. The lowest BCUT2D eigenvalue weighted by Crippen LogP contribution is -2.31. The third-order valence-corrected chi connectivity index (χ3v) is 5.23. The lowest BCUT2D eigenvalue weighted by atomic mass is 9.79. The summed E-state index contributed by atoms with van der Waals surface area (Å²) in [6.45, 7) is 2.09. The number of nitrogens with zero attached hydrogens (tertiary/aromatic N) is 2. The first kappa shape index (κ1) is 13.9. The Labute approximate surface area is 122 Å². The van der Waals surface area contributed by atoms with Crippen molar-refractivity contribution in [3.05, 3.63) is 28.8 Å². The molecule has 0 bridgehead atoms. The molecule has 1 aliphatic heterocycles. The summed E-state index contributed by atoms with van der Waals surface area (Å²) in [5.41, 5.74) is 11.6. The maximum Gasteiger partial charge on any atom is 0.0363 e. The maximum atomic E-state index is 6.16. The minimum Gasteiger partial charge on any atom is -0.398 e. The van der Waals surface area contributed by atoms with Crippen molar-refractivity contribution >= 4 is 5.69 Å². The zero-order valence-corrected chi connectivity index (χ0v) is 13.0. The highest BCUT2D eigenvalue weighted by atomic mass is 15.1. The zero-order valence-electron chi connectivity index (χ0n) is 13.0. The van der Waals surface area contributed by atoms with E-state index in [2.05, 4.69) is 43.1 Å². The summed E-state index contributed by atoms with van der Waals surface area (Å²) in [6, 6.07) is 5.20. The highest BCUT2D eigenvalue weighted by Crippen LogP contribution is 2.40. The number of hydrogen-bond donors (Lipinski definition) is 1. The van der Waals surface area contributed by atoms with Crippen molar-refractivity contribution in [1.29, 1.82) is 0 Å². The molecular formula is C17H27N3. The van der Waals surface area contributed by atoms with Crippen molar-refractivity contribution in [1.82, 2.24) is 9.80 Å². The molecule has 0 atom stereocenters. The first-order valence-electron chi connectivity index (χ1n) is 7.81. The molecule has 1 aromatic carbocycles.